The molecule has 0 unspecified atom stereocenters. The molecule has 2 aromatic heterocycles. The first kappa shape index (κ1) is 14.7. The van der Waals surface area contributed by atoms with Gasteiger partial charge >= 0.3 is 0 Å². The molecule has 0 saturated carbocycles. The molecule has 0 atom stereocenters. The average Bonchev–Trinajstić information content (AvgIpc) is 2.79. The fourth-order valence-electron chi connectivity index (χ4n) is 1.44. The summed E-state index contributed by atoms with van der Waals surface area (Å²) >= 11 is 11.1. The Labute approximate surface area is 129 Å². The number of rotatable bonds is 6. The van der Waals surface area contributed by atoms with Crippen LogP contribution < -0.4 is 5.32 Å². The van der Waals surface area contributed by atoms with E-state index in [-0.39, 0.29) is 0 Å². The quantitative estimate of drug-likeness (QED) is 0.786. The van der Waals surface area contributed by atoms with Crippen molar-refractivity contribution in [1.29, 1.82) is 0 Å². The molecule has 0 fully saturated rings. The highest BCUT2D eigenvalue weighted by molar-refractivity contribution is 9.11. The van der Waals surface area contributed by atoms with Gasteiger partial charge in [-0.2, -0.15) is 0 Å². The van der Waals surface area contributed by atoms with Gasteiger partial charge in [0.05, 0.1) is 10.3 Å². The predicted octanol–water partition coefficient (Wildman–Crippen LogP) is 4.10. The van der Waals surface area contributed by atoms with Crippen molar-refractivity contribution in [1.82, 2.24) is 9.97 Å². The van der Waals surface area contributed by atoms with Crippen LogP contribution in [0.3, 0.4) is 0 Å². The summed E-state index contributed by atoms with van der Waals surface area (Å²) < 4.78 is 6.39. The van der Waals surface area contributed by atoms with E-state index in [9.17, 15) is 0 Å². The first-order valence-corrected chi connectivity index (χ1v) is 7.75. The fraction of sp³-hybridized carbons (Fsp3) is 0.333. The van der Waals surface area contributed by atoms with Crippen LogP contribution in [0.5, 0.6) is 0 Å². The van der Waals surface area contributed by atoms with Crippen LogP contribution in [0.15, 0.2) is 22.0 Å². The summed E-state index contributed by atoms with van der Waals surface area (Å²) in [6.07, 6.45) is 0. The molecule has 2 rings (SSSR count). The fourth-order valence-corrected chi connectivity index (χ4v) is 3.06. The van der Waals surface area contributed by atoms with Crippen LogP contribution in [-0.2, 0) is 17.9 Å². The van der Waals surface area contributed by atoms with Gasteiger partial charge < -0.3 is 10.1 Å². The van der Waals surface area contributed by atoms with Gasteiger partial charge in [-0.15, -0.1) is 11.3 Å². The molecule has 0 radical (unpaired) electrons. The third-order valence-corrected chi connectivity index (χ3v) is 4.07. The minimum Gasteiger partial charge on any atom is -0.374 e. The van der Waals surface area contributed by atoms with Gasteiger partial charge in [0.2, 0.25) is 0 Å². The Balaban J connectivity index is 2.01. The summed E-state index contributed by atoms with van der Waals surface area (Å²) in [7, 11) is 0. The molecule has 0 aliphatic heterocycles. The molecule has 2 heterocycles. The van der Waals surface area contributed by atoms with E-state index in [0.717, 1.165) is 3.79 Å². The van der Waals surface area contributed by atoms with Crippen molar-refractivity contribution < 1.29 is 4.74 Å². The summed E-state index contributed by atoms with van der Waals surface area (Å²) in [5.74, 6) is 1.29. The number of halogens is 2. The number of hydrogen-bond donors (Lipinski definition) is 1. The standard InChI is InChI=1S/C12H13BrClN3OS/c1-2-18-7-12-16-10(14)5-11(17-12)15-6-8-3-4-9(13)19-8/h3-5H,2,6-7H2,1H3,(H,15,16,17). The maximum atomic E-state index is 5.96. The molecule has 0 aliphatic rings. The Hall–Kier alpha value is -0.690. The minimum atomic E-state index is 0.371. The van der Waals surface area contributed by atoms with Crippen LogP contribution in [0.2, 0.25) is 5.15 Å². The van der Waals surface area contributed by atoms with Crippen molar-refractivity contribution in [3.05, 3.63) is 37.8 Å². The lowest BCUT2D eigenvalue weighted by Gasteiger charge is -2.07. The topological polar surface area (TPSA) is 47.0 Å². The highest BCUT2D eigenvalue weighted by Crippen LogP contribution is 2.23. The van der Waals surface area contributed by atoms with Gasteiger partial charge in [-0.1, -0.05) is 11.6 Å². The Bertz CT molecular complexity index is 550. The summed E-state index contributed by atoms with van der Waals surface area (Å²) in [6.45, 7) is 3.63. The van der Waals surface area contributed by atoms with Crippen molar-refractivity contribution in [2.45, 2.75) is 20.1 Å². The Morgan fingerprint density at radius 3 is 2.95 bits per heavy atom. The molecule has 0 spiro atoms. The second-order valence-electron chi connectivity index (χ2n) is 3.69. The molecular weight excluding hydrogens is 350 g/mol. The van der Waals surface area contributed by atoms with E-state index in [4.69, 9.17) is 16.3 Å². The van der Waals surface area contributed by atoms with E-state index in [1.807, 2.05) is 13.0 Å². The van der Waals surface area contributed by atoms with Gasteiger partial charge in [0.25, 0.3) is 0 Å². The number of nitrogens with zero attached hydrogens (tertiary/aromatic N) is 2. The van der Waals surface area contributed by atoms with Gasteiger partial charge in [0.15, 0.2) is 5.82 Å². The normalized spacial score (nSPS) is 10.7. The van der Waals surface area contributed by atoms with Crippen molar-refractivity contribution in [2.75, 3.05) is 11.9 Å². The molecule has 102 valence electrons. The Morgan fingerprint density at radius 2 is 2.26 bits per heavy atom. The first-order valence-electron chi connectivity index (χ1n) is 5.76. The molecule has 0 aliphatic carbocycles. The van der Waals surface area contributed by atoms with Crippen LogP contribution in [0, 0.1) is 0 Å². The predicted molar refractivity (Wildman–Crippen MR) is 81.7 cm³/mol. The molecule has 1 N–H and O–H groups in total. The molecular formula is C12H13BrClN3OS. The zero-order chi connectivity index (χ0) is 13.7. The lowest BCUT2D eigenvalue weighted by molar-refractivity contribution is 0.128. The molecule has 0 aromatic carbocycles. The van der Waals surface area contributed by atoms with E-state index in [1.165, 1.54) is 4.88 Å². The van der Waals surface area contributed by atoms with Gasteiger partial charge in [-0.3, -0.25) is 0 Å². The number of hydrogen-bond acceptors (Lipinski definition) is 5. The highest BCUT2D eigenvalue weighted by Gasteiger charge is 2.04. The van der Waals surface area contributed by atoms with E-state index >= 15 is 0 Å². The maximum absolute atomic E-state index is 5.96. The van der Waals surface area contributed by atoms with Gasteiger partial charge in [-0.25, -0.2) is 9.97 Å². The van der Waals surface area contributed by atoms with Gasteiger partial charge in [-0.05, 0) is 35.0 Å². The van der Waals surface area contributed by atoms with Crippen molar-refractivity contribution in [3.63, 3.8) is 0 Å². The molecule has 0 bridgehead atoms. The zero-order valence-electron chi connectivity index (χ0n) is 10.3. The van der Waals surface area contributed by atoms with E-state index in [1.54, 1.807) is 17.4 Å². The third kappa shape index (κ3) is 4.72. The lowest BCUT2D eigenvalue weighted by Crippen LogP contribution is -2.05. The van der Waals surface area contributed by atoms with Crippen molar-refractivity contribution in [3.8, 4) is 0 Å². The molecule has 0 saturated heterocycles. The van der Waals surface area contributed by atoms with Crippen LogP contribution in [-0.4, -0.2) is 16.6 Å². The number of aromatic nitrogens is 2. The second-order valence-corrected chi connectivity index (χ2v) is 6.62. The van der Waals surface area contributed by atoms with Crippen LogP contribution >= 0.6 is 38.9 Å². The van der Waals surface area contributed by atoms with Crippen molar-refractivity contribution >= 4 is 44.7 Å². The number of ether oxygens (including phenoxy) is 1. The lowest BCUT2D eigenvalue weighted by atomic mass is 10.4. The van der Waals surface area contributed by atoms with Gasteiger partial charge in [0, 0.05) is 17.6 Å². The summed E-state index contributed by atoms with van der Waals surface area (Å²) in [5.41, 5.74) is 0. The monoisotopic (exact) mass is 361 g/mol. The summed E-state index contributed by atoms with van der Waals surface area (Å²) in [5, 5.41) is 3.65. The average molecular weight is 363 g/mol. The number of nitrogens with one attached hydrogen (secondary N) is 1. The number of anilines is 1. The Kier molecular flexibility index (Phi) is 5.57. The van der Waals surface area contributed by atoms with Crippen molar-refractivity contribution in [2.24, 2.45) is 0 Å². The zero-order valence-corrected chi connectivity index (χ0v) is 13.5. The molecule has 4 nitrogen and oxygen atoms in total. The van der Waals surface area contributed by atoms with E-state index in [2.05, 4.69) is 37.3 Å². The minimum absolute atomic E-state index is 0.371. The summed E-state index contributed by atoms with van der Waals surface area (Å²) in [4.78, 5) is 9.68. The third-order valence-electron chi connectivity index (χ3n) is 2.25. The second kappa shape index (κ2) is 7.19. The van der Waals surface area contributed by atoms with Crippen LogP contribution in [0.25, 0.3) is 0 Å². The summed E-state index contributed by atoms with van der Waals surface area (Å²) in [6, 6.07) is 5.79. The van der Waals surface area contributed by atoms with Gasteiger partial charge in [0.1, 0.15) is 17.6 Å². The Morgan fingerprint density at radius 1 is 1.42 bits per heavy atom. The van der Waals surface area contributed by atoms with Crippen LogP contribution in [0.4, 0.5) is 5.82 Å². The molecule has 7 heteroatoms. The molecule has 2 aromatic rings. The highest BCUT2D eigenvalue weighted by atomic mass is 79.9. The molecule has 0 amide bonds. The van der Waals surface area contributed by atoms with E-state index in [0.29, 0.717) is 36.6 Å². The first-order chi connectivity index (χ1) is 9.17. The maximum Gasteiger partial charge on any atom is 0.158 e. The number of thiophene rings is 1. The SMILES string of the molecule is CCOCc1nc(Cl)cc(NCc2ccc(Br)s2)n1. The smallest absolute Gasteiger partial charge is 0.158 e. The van der Waals surface area contributed by atoms with Crippen LogP contribution in [0.1, 0.15) is 17.6 Å². The largest absolute Gasteiger partial charge is 0.374 e. The van der Waals surface area contributed by atoms with E-state index < -0.39 is 0 Å². The molecule has 19 heavy (non-hydrogen) atoms.